The van der Waals surface area contributed by atoms with Crippen LogP contribution in [-0.4, -0.2) is 17.1 Å². The molecule has 0 unspecified atom stereocenters. The molecule has 3 aromatic rings. The number of aromatic nitrogens is 2. The number of nitrogens with one attached hydrogen (secondary N) is 1. The molecule has 0 aliphatic heterocycles. The molecule has 0 atom stereocenters. The van der Waals surface area contributed by atoms with Crippen LogP contribution in [0.15, 0.2) is 36.4 Å². The van der Waals surface area contributed by atoms with Gasteiger partial charge in [-0.25, -0.2) is 4.98 Å². The summed E-state index contributed by atoms with van der Waals surface area (Å²) in [6.07, 6.45) is 0. The van der Waals surface area contributed by atoms with E-state index >= 15 is 0 Å². The number of imidazole rings is 1. The van der Waals surface area contributed by atoms with Gasteiger partial charge in [-0.2, -0.15) is 0 Å². The van der Waals surface area contributed by atoms with E-state index < -0.39 is 0 Å². The van der Waals surface area contributed by atoms with Gasteiger partial charge in [0.05, 0.1) is 23.2 Å². The molecule has 0 saturated heterocycles. The summed E-state index contributed by atoms with van der Waals surface area (Å²) in [7, 11) is 1.59. The van der Waals surface area contributed by atoms with Gasteiger partial charge in [0, 0.05) is 11.3 Å². The summed E-state index contributed by atoms with van der Waals surface area (Å²) < 4.78 is 5.13. The van der Waals surface area contributed by atoms with Crippen molar-refractivity contribution in [1.29, 1.82) is 0 Å². The van der Waals surface area contributed by atoms with Crippen molar-refractivity contribution in [3.05, 3.63) is 41.4 Å². The standard InChI is InChI=1S/C14H12ClN3O/c1-19-13-5-2-8(6-10(13)15)14-17-11-4-3-9(16)7-12(11)18-14/h2-7H,16H2,1H3,(H,17,18). The summed E-state index contributed by atoms with van der Waals surface area (Å²) in [5, 5.41) is 0.556. The van der Waals surface area contributed by atoms with Crippen molar-refractivity contribution in [2.45, 2.75) is 0 Å². The monoisotopic (exact) mass is 273 g/mol. The maximum atomic E-state index is 6.12. The van der Waals surface area contributed by atoms with Crippen LogP contribution < -0.4 is 10.5 Å². The zero-order valence-electron chi connectivity index (χ0n) is 10.3. The minimum Gasteiger partial charge on any atom is -0.495 e. The fourth-order valence-corrected chi connectivity index (χ4v) is 2.24. The van der Waals surface area contributed by atoms with Crippen molar-refractivity contribution in [1.82, 2.24) is 9.97 Å². The highest BCUT2D eigenvalue weighted by Gasteiger charge is 2.08. The second-order valence-electron chi connectivity index (χ2n) is 4.21. The van der Waals surface area contributed by atoms with Crippen molar-refractivity contribution < 1.29 is 4.74 Å². The SMILES string of the molecule is COc1ccc(-c2nc3ccc(N)cc3[nH]2)cc1Cl. The first-order valence-corrected chi connectivity index (χ1v) is 6.14. The van der Waals surface area contributed by atoms with Crippen LogP contribution in [0.5, 0.6) is 5.75 Å². The van der Waals surface area contributed by atoms with Crippen LogP contribution >= 0.6 is 11.6 Å². The first kappa shape index (κ1) is 11.9. The van der Waals surface area contributed by atoms with Gasteiger partial charge in [0.25, 0.3) is 0 Å². The van der Waals surface area contributed by atoms with Crippen molar-refractivity contribution in [2.75, 3.05) is 12.8 Å². The molecule has 3 N–H and O–H groups in total. The number of nitrogen functional groups attached to an aromatic ring is 1. The van der Waals surface area contributed by atoms with Gasteiger partial charge in [-0.1, -0.05) is 11.6 Å². The summed E-state index contributed by atoms with van der Waals surface area (Å²) in [6, 6.07) is 11.1. The van der Waals surface area contributed by atoms with Crippen LogP contribution in [0.3, 0.4) is 0 Å². The number of fused-ring (bicyclic) bond motifs is 1. The number of anilines is 1. The molecule has 1 aromatic heterocycles. The predicted octanol–water partition coefficient (Wildman–Crippen LogP) is 3.47. The topological polar surface area (TPSA) is 63.9 Å². The van der Waals surface area contributed by atoms with Gasteiger partial charge >= 0.3 is 0 Å². The Morgan fingerprint density at radius 1 is 1.21 bits per heavy atom. The van der Waals surface area contributed by atoms with Crippen molar-refractivity contribution >= 4 is 28.3 Å². The van der Waals surface area contributed by atoms with E-state index in [0.29, 0.717) is 16.5 Å². The molecule has 0 aliphatic carbocycles. The molecular weight excluding hydrogens is 262 g/mol. The first-order chi connectivity index (χ1) is 9.17. The second kappa shape index (κ2) is 4.48. The molecular formula is C14H12ClN3O. The highest BCUT2D eigenvalue weighted by Crippen LogP contribution is 2.30. The summed E-state index contributed by atoms with van der Waals surface area (Å²) in [4.78, 5) is 7.74. The second-order valence-corrected chi connectivity index (χ2v) is 4.62. The molecule has 96 valence electrons. The highest BCUT2D eigenvalue weighted by molar-refractivity contribution is 6.32. The number of hydrogen-bond acceptors (Lipinski definition) is 3. The van der Waals surface area contributed by atoms with E-state index in [4.69, 9.17) is 22.1 Å². The predicted molar refractivity (Wildman–Crippen MR) is 77.5 cm³/mol. The van der Waals surface area contributed by atoms with Crippen LogP contribution in [0.25, 0.3) is 22.4 Å². The number of methoxy groups -OCH3 is 1. The van der Waals surface area contributed by atoms with Gasteiger partial charge < -0.3 is 15.5 Å². The molecule has 0 saturated carbocycles. The number of rotatable bonds is 2. The lowest BCUT2D eigenvalue weighted by atomic mass is 10.2. The molecule has 2 aromatic carbocycles. The smallest absolute Gasteiger partial charge is 0.138 e. The Morgan fingerprint density at radius 2 is 2.05 bits per heavy atom. The first-order valence-electron chi connectivity index (χ1n) is 5.76. The summed E-state index contributed by atoms with van der Waals surface area (Å²) >= 11 is 6.12. The number of halogens is 1. The molecule has 3 rings (SSSR count). The molecule has 19 heavy (non-hydrogen) atoms. The quantitative estimate of drug-likeness (QED) is 0.703. The van der Waals surface area contributed by atoms with Crippen molar-refractivity contribution in [2.24, 2.45) is 0 Å². The number of H-pyrrole nitrogens is 1. The Balaban J connectivity index is 2.11. The zero-order valence-corrected chi connectivity index (χ0v) is 11.0. The number of nitrogens with zero attached hydrogens (tertiary/aromatic N) is 1. The number of ether oxygens (including phenoxy) is 1. The normalized spacial score (nSPS) is 10.8. The van der Waals surface area contributed by atoms with E-state index in [1.165, 1.54) is 0 Å². The number of hydrogen-bond donors (Lipinski definition) is 2. The molecule has 0 fully saturated rings. The molecule has 0 amide bonds. The van der Waals surface area contributed by atoms with Crippen LogP contribution in [0.2, 0.25) is 5.02 Å². The third kappa shape index (κ3) is 2.11. The molecule has 0 spiro atoms. The molecule has 5 heteroatoms. The average molecular weight is 274 g/mol. The summed E-state index contributed by atoms with van der Waals surface area (Å²) in [5.41, 5.74) is 9.13. The van der Waals surface area contributed by atoms with Gasteiger partial charge in [-0.3, -0.25) is 0 Å². The molecule has 0 bridgehead atoms. The minimum atomic E-state index is 0.556. The fraction of sp³-hybridized carbons (Fsp3) is 0.0714. The molecule has 0 aliphatic rings. The van der Waals surface area contributed by atoms with Gasteiger partial charge in [0.1, 0.15) is 11.6 Å². The Bertz CT molecular complexity index is 752. The van der Waals surface area contributed by atoms with Crippen LogP contribution in [-0.2, 0) is 0 Å². The molecule has 1 heterocycles. The molecule has 4 nitrogen and oxygen atoms in total. The van der Waals surface area contributed by atoms with Crippen molar-refractivity contribution in [3.63, 3.8) is 0 Å². The maximum Gasteiger partial charge on any atom is 0.138 e. The average Bonchev–Trinajstić information content (AvgIpc) is 2.81. The lowest BCUT2D eigenvalue weighted by molar-refractivity contribution is 0.415. The Hall–Kier alpha value is -2.20. The molecule has 0 radical (unpaired) electrons. The largest absolute Gasteiger partial charge is 0.495 e. The van der Waals surface area contributed by atoms with E-state index in [0.717, 1.165) is 22.4 Å². The van der Waals surface area contributed by atoms with Crippen molar-refractivity contribution in [3.8, 4) is 17.1 Å². The lowest BCUT2D eigenvalue weighted by Crippen LogP contribution is -1.86. The minimum absolute atomic E-state index is 0.556. The van der Waals surface area contributed by atoms with Gasteiger partial charge in [-0.05, 0) is 36.4 Å². The van der Waals surface area contributed by atoms with Gasteiger partial charge in [0.15, 0.2) is 0 Å². The maximum absolute atomic E-state index is 6.12. The summed E-state index contributed by atoms with van der Waals surface area (Å²) in [5.74, 6) is 1.40. The Morgan fingerprint density at radius 3 is 2.79 bits per heavy atom. The van der Waals surface area contributed by atoms with Crippen LogP contribution in [0.1, 0.15) is 0 Å². The van der Waals surface area contributed by atoms with Gasteiger partial charge in [-0.15, -0.1) is 0 Å². The Kier molecular flexibility index (Phi) is 2.80. The van der Waals surface area contributed by atoms with E-state index in [2.05, 4.69) is 9.97 Å². The fourth-order valence-electron chi connectivity index (χ4n) is 1.98. The van der Waals surface area contributed by atoms with E-state index in [-0.39, 0.29) is 0 Å². The van der Waals surface area contributed by atoms with E-state index in [1.807, 2.05) is 36.4 Å². The Labute approximate surface area is 115 Å². The number of nitrogens with two attached hydrogens (primary N) is 1. The third-order valence-corrected chi connectivity index (χ3v) is 3.23. The van der Waals surface area contributed by atoms with Gasteiger partial charge in [0.2, 0.25) is 0 Å². The summed E-state index contributed by atoms with van der Waals surface area (Å²) in [6.45, 7) is 0. The van der Waals surface area contributed by atoms with Crippen LogP contribution in [0, 0.1) is 0 Å². The zero-order chi connectivity index (χ0) is 13.4. The number of benzene rings is 2. The van der Waals surface area contributed by atoms with Crippen LogP contribution in [0.4, 0.5) is 5.69 Å². The number of aromatic amines is 1. The lowest BCUT2D eigenvalue weighted by Gasteiger charge is -2.03. The third-order valence-electron chi connectivity index (χ3n) is 2.93. The highest BCUT2D eigenvalue weighted by atomic mass is 35.5. The van der Waals surface area contributed by atoms with E-state index in [1.54, 1.807) is 7.11 Å². The van der Waals surface area contributed by atoms with E-state index in [9.17, 15) is 0 Å².